The van der Waals surface area contributed by atoms with Gasteiger partial charge in [-0.15, -0.1) is 0 Å². The zero-order valence-electron chi connectivity index (χ0n) is 9.61. The minimum Gasteiger partial charge on any atom is -0.328 e. The maximum Gasteiger partial charge on any atom is 0.153 e. The van der Waals surface area contributed by atoms with Gasteiger partial charge >= 0.3 is 0 Å². The fraction of sp³-hybridized carbons (Fsp3) is 1.00. The molecule has 0 bridgehead atoms. The van der Waals surface area contributed by atoms with Gasteiger partial charge in [0.25, 0.3) is 0 Å². The van der Waals surface area contributed by atoms with E-state index in [2.05, 4.69) is 0 Å². The highest BCUT2D eigenvalue weighted by Crippen LogP contribution is 2.25. The molecule has 0 heterocycles. The van der Waals surface area contributed by atoms with Crippen molar-refractivity contribution in [2.75, 3.05) is 5.75 Å². The topological polar surface area (TPSA) is 60.2 Å². The summed E-state index contributed by atoms with van der Waals surface area (Å²) in [5.74, 6) is 0.339. The summed E-state index contributed by atoms with van der Waals surface area (Å²) < 4.78 is 23.7. The average Bonchev–Trinajstić information content (AvgIpc) is 2.70. The Morgan fingerprint density at radius 2 is 1.93 bits per heavy atom. The van der Waals surface area contributed by atoms with Gasteiger partial charge in [-0.25, -0.2) is 8.42 Å². The molecule has 0 saturated heterocycles. The molecule has 1 aliphatic carbocycles. The van der Waals surface area contributed by atoms with Crippen molar-refractivity contribution in [3.63, 3.8) is 0 Å². The van der Waals surface area contributed by atoms with Crippen molar-refractivity contribution < 1.29 is 8.42 Å². The van der Waals surface area contributed by atoms with Crippen molar-refractivity contribution in [1.29, 1.82) is 0 Å². The van der Waals surface area contributed by atoms with Crippen LogP contribution < -0.4 is 5.73 Å². The molecule has 0 aromatic rings. The lowest BCUT2D eigenvalue weighted by Crippen LogP contribution is -2.24. The molecule has 0 aliphatic heterocycles. The van der Waals surface area contributed by atoms with E-state index in [0.717, 1.165) is 44.9 Å². The van der Waals surface area contributed by atoms with Gasteiger partial charge in [0.2, 0.25) is 0 Å². The fourth-order valence-corrected chi connectivity index (χ4v) is 4.12. The van der Waals surface area contributed by atoms with Crippen LogP contribution in [0.4, 0.5) is 0 Å². The summed E-state index contributed by atoms with van der Waals surface area (Å²) >= 11 is 0. The van der Waals surface area contributed by atoms with Gasteiger partial charge in [-0.05, 0) is 32.1 Å². The molecule has 1 unspecified atom stereocenters. The van der Waals surface area contributed by atoms with Crippen LogP contribution >= 0.6 is 0 Å². The summed E-state index contributed by atoms with van der Waals surface area (Å²) in [5, 5.41) is -0.0460. The molecule has 1 atom stereocenters. The Kier molecular flexibility index (Phi) is 5.06. The van der Waals surface area contributed by atoms with E-state index in [1.54, 1.807) is 0 Å². The Hall–Kier alpha value is -0.0900. The minimum absolute atomic E-state index is 0.0460. The van der Waals surface area contributed by atoms with Crippen LogP contribution in [-0.4, -0.2) is 25.5 Å². The second-order valence-corrected chi connectivity index (χ2v) is 6.98. The number of nitrogens with two attached hydrogens (primary N) is 1. The molecule has 0 aromatic heterocycles. The van der Waals surface area contributed by atoms with E-state index in [1.165, 1.54) is 0 Å². The molecule has 0 radical (unpaired) electrons. The molecular formula is C11H23NO2S. The monoisotopic (exact) mass is 233 g/mol. The number of rotatable bonds is 6. The second kappa shape index (κ2) is 5.85. The lowest BCUT2D eigenvalue weighted by molar-refractivity contribution is 0.558. The van der Waals surface area contributed by atoms with E-state index in [1.807, 2.05) is 6.92 Å². The summed E-state index contributed by atoms with van der Waals surface area (Å²) in [7, 11) is -2.82. The molecular weight excluding hydrogens is 210 g/mol. The van der Waals surface area contributed by atoms with Crippen LogP contribution in [0.25, 0.3) is 0 Å². The van der Waals surface area contributed by atoms with E-state index in [4.69, 9.17) is 5.73 Å². The number of sulfone groups is 1. The van der Waals surface area contributed by atoms with Crippen molar-refractivity contribution in [3.8, 4) is 0 Å². The summed E-state index contributed by atoms with van der Waals surface area (Å²) in [6.07, 6.45) is 6.42. The van der Waals surface area contributed by atoms with Crippen LogP contribution in [0.5, 0.6) is 0 Å². The minimum atomic E-state index is -2.82. The average molecular weight is 233 g/mol. The molecule has 3 nitrogen and oxygen atoms in total. The van der Waals surface area contributed by atoms with Crippen LogP contribution in [0, 0.1) is 0 Å². The van der Waals surface area contributed by atoms with Crippen LogP contribution in [0.15, 0.2) is 0 Å². The molecule has 1 aliphatic rings. The van der Waals surface area contributed by atoms with E-state index >= 15 is 0 Å². The van der Waals surface area contributed by atoms with Crippen LogP contribution in [0.1, 0.15) is 51.9 Å². The smallest absolute Gasteiger partial charge is 0.153 e. The first-order chi connectivity index (χ1) is 7.06. The van der Waals surface area contributed by atoms with E-state index < -0.39 is 9.84 Å². The zero-order chi connectivity index (χ0) is 11.3. The largest absolute Gasteiger partial charge is 0.328 e. The summed E-state index contributed by atoms with van der Waals surface area (Å²) in [6, 6.07) is 0.170. The summed E-state index contributed by atoms with van der Waals surface area (Å²) in [5.41, 5.74) is 5.76. The third kappa shape index (κ3) is 4.11. The molecule has 1 saturated carbocycles. The van der Waals surface area contributed by atoms with Gasteiger partial charge in [-0.2, -0.15) is 0 Å². The first kappa shape index (κ1) is 13.0. The first-order valence-electron chi connectivity index (χ1n) is 6.03. The molecule has 4 heteroatoms. The van der Waals surface area contributed by atoms with Crippen molar-refractivity contribution in [2.45, 2.75) is 63.2 Å². The number of hydrogen-bond donors (Lipinski definition) is 1. The highest BCUT2D eigenvalue weighted by Gasteiger charge is 2.27. The van der Waals surface area contributed by atoms with Gasteiger partial charge in [0.05, 0.1) is 11.0 Å². The van der Waals surface area contributed by atoms with Gasteiger partial charge in [0.1, 0.15) is 0 Å². The standard InChI is InChI=1S/C11H23NO2S/c1-2-10(12)6-5-9-15(13,14)11-7-3-4-8-11/h10-11H,2-9,12H2,1H3. The molecule has 0 amide bonds. The van der Waals surface area contributed by atoms with Gasteiger partial charge in [-0.1, -0.05) is 19.8 Å². The van der Waals surface area contributed by atoms with Gasteiger partial charge in [-0.3, -0.25) is 0 Å². The third-order valence-corrected chi connectivity index (χ3v) is 5.68. The number of hydrogen-bond acceptors (Lipinski definition) is 3. The summed E-state index contributed by atoms with van der Waals surface area (Å²) in [6.45, 7) is 2.04. The van der Waals surface area contributed by atoms with Crippen molar-refractivity contribution >= 4 is 9.84 Å². The maximum atomic E-state index is 11.9. The predicted octanol–water partition coefficient (Wildman–Crippen LogP) is 1.86. The Labute approximate surface area is 93.3 Å². The van der Waals surface area contributed by atoms with E-state index in [9.17, 15) is 8.42 Å². The van der Waals surface area contributed by atoms with E-state index in [0.29, 0.717) is 5.75 Å². The quantitative estimate of drug-likeness (QED) is 0.761. The maximum absolute atomic E-state index is 11.9. The van der Waals surface area contributed by atoms with Crippen LogP contribution in [0.2, 0.25) is 0 Å². The van der Waals surface area contributed by atoms with Gasteiger partial charge < -0.3 is 5.73 Å². The van der Waals surface area contributed by atoms with Gasteiger partial charge in [0.15, 0.2) is 9.84 Å². The SMILES string of the molecule is CCC(N)CCCS(=O)(=O)C1CCCC1. The van der Waals surface area contributed by atoms with Crippen LogP contribution in [-0.2, 0) is 9.84 Å². The summed E-state index contributed by atoms with van der Waals surface area (Å²) in [4.78, 5) is 0. The van der Waals surface area contributed by atoms with Crippen molar-refractivity contribution in [3.05, 3.63) is 0 Å². The third-order valence-electron chi connectivity index (χ3n) is 3.34. The molecule has 1 rings (SSSR count). The molecule has 0 spiro atoms. The molecule has 2 N–H and O–H groups in total. The Morgan fingerprint density at radius 1 is 1.33 bits per heavy atom. The van der Waals surface area contributed by atoms with Gasteiger partial charge in [0, 0.05) is 6.04 Å². The predicted molar refractivity (Wildman–Crippen MR) is 63.5 cm³/mol. The second-order valence-electron chi connectivity index (χ2n) is 4.58. The fourth-order valence-electron chi connectivity index (χ4n) is 2.16. The molecule has 0 aromatic carbocycles. The normalized spacial score (nSPS) is 20.7. The van der Waals surface area contributed by atoms with Crippen molar-refractivity contribution in [2.24, 2.45) is 5.73 Å². The first-order valence-corrected chi connectivity index (χ1v) is 7.75. The Balaban J connectivity index is 2.30. The Bertz CT molecular complexity index is 268. The molecule has 15 heavy (non-hydrogen) atoms. The molecule has 1 fully saturated rings. The lowest BCUT2D eigenvalue weighted by atomic mass is 10.1. The van der Waals surface area contributed by atoms with Crippen LogP contribution in [0.3, 0.4) is 0 Å². The van der Waals surface area contributed by atoms with E-state index in [-0.39, 0.29) is 11.3 Å². The molecule has 90 valence electrons. The zero-order valence-corrected chi connectivity index (χ0v) is 10.4. The highest BCUT2D eigenvalue weighted by molar-refractivity contribution is 7.92. The Morgan fingerprint density at radius 3 is 2.47 bits per heavy atom. The van der Waals surface area contributed by atoms with Crippen molar-refractivity contribution in [1.82, 2.24) is 0 Å². The highest BCUT2D eigenvalue weighted by atomic mass is 32.2. The lowest BCUT2D eigenvalue weighted by Gasteiger charge is -2.12.